The van der Waals surface area contributed by atoms with Gasteiger partial charge in [-0.25, -0.2) is 0 Å². The van der Waals surface area contributed by atoms with Gasteiger partial charge in [0.05, 0.1) is 0 Å². The van der Waals surface area contributed by atoms with Crippen molar-refractivity contribution in [3.63, 3.8) is 0 Å². The van der Waals surface area contributed by atoms with Crippen molar-refractivity contribution < 1.29 is 0 Å². The standard InChI is InChI=1S/C14H23NS/c1-13(2,11-16-5)10-14(3,4)12-8-6-7-9-15-12/h6-9H,10-11H2,1-5H3. The molecule has 0 N–H and O–H groups in total. The SMILES string of the molecule is CSCC(C)(C)CC(C)(C)c1ccccn1. The minimum absolute atomic E-state index is 0.153. The van der Waals surface area contributed by atoms with E-state index in [4.69, 9.17) is 0 Å². The van der Waals surface area contributed by atoms with Crippen molar-refractivity contribution >= 4 is 11.8 Å². The molecule has 1 nitrogen and oxygen atoms in total. The fourth-order valence-corrected chi connectivity index (χ4v) is 3.38. The number of aromatic nitrogens is 1. The van der Waals surface area contributed by atoms with Crippen molar-refractivity contribution in [1.82, 2.24) is 4.98 Å². The molecule has 90 valence electrons. The molecule has 1 rings (SSSR count). The second-order valence-electron chi connectivity index (χ2n) is 5.87. The zero-order chi connectivity index (χ0) is 12.2. The molecule has 1 aromatic heterocycles. The first-order valence-corrected chi connectivity index (χ1v) is 7.17. The van der Waals surface area contributed by atoms with Crippen LogP contribution in [-0.2, 0) is 5.41 Å². The van der Waals surface area contributed by atoms with Gasteiger partial charge in [-0.3, -0.25) is 4.98 Å². The summed E-state index contributed by atoms with van der Waals surface area (Å²) in [6.07, 6.45) is 5.23. The maximum absolute atomic E-state index is 4.49. The third kappa shape index (κ3) is 3.82. The summed E-state index contributed by atoms with van der Waals surface area (Å²) >= 11 is 1.92. The lowest BCUT2D eigenvalue weighted by Gasteiger charge is -2.34. The molecule has 0 radical (unpaired) electrons. The van der Waals surface area contributed by atoms with Gasteiger partial charge in [-0.15, -0.1) is 0 Å². The van der Waals surface area contributed by atoms with E-state index in [0.717, 1.165) is 6.42 Å². The molecule has 0 saturated heterocycles. The van der Waals surface area contributed by atoms with Crippen LogP contribution in [-0.4, -0.2) is 17.0 Å². The molecular weight excluding hydrogens is 214 g/mol. The molecule has 0 spiro atoms. The molecule has 0 aliphatic carbocycles. The molecule has 0 atom stereocenters. The highest BCUT2D eigenvalue weighted by Crippen LogP contribution is 2.37. The van der Waals surface area contributed by atoms with E-state index in [0.29, 0.717) is 5.41 Å². The van der Waals surface area contributed by atoms with Crippen molar-refractivity contribution in [3.05, 3.63) is 30.1 Å². The van der Waals surface area contributed by atoms with Gasteiger partial charge in [0.15, 0.2) is 0 Å². The maximum Gasteiger partial charge on any atom is 0.0460 e. The smallest absolute Gasteiger partial charge is 0.0460 e. The lowest BCUT2D eigenvalue weighted by Crippen LogP contribution is -2.29. The molecule has 0 aliphatic heterocycles. The number of hydrogen-bond acceptors (Lipinski definition) is 2. The predicted octanol–water partition coefficient (Wildman–Crippen LogP) is 4.14. The third-order valence-corrected chi connectivity index (χ3v) is 3.88. The second kappa shape index (κ2) is 5.22. The van der Waals surface area contributed by atoms with E-state index in [9.17, 15) is 0 Å². The molecular formula is C14H23NS. The molecule has 0 aromatic carbocycles. The number of thioether (sulfide) groups is 1. The van der Waals surface area contributed by atoms with Crippen LogP contribution in [0.5, 0.6) is 0 Å². The van der Waals surface area contributed by atoms with Gasteiger partial charge in [0.1, 0.15) is 0 Å². The summed E-state index contributed by atoms with van der Waals surface area (Å²) in [6, 6.07) is 6.19. The Morgan fingerprint density at radius 3 is 2.38 bits per heavy atom. The fourth-order valence-electron chi connectivity index (χ4n) is 2.49. The van der Waals surface area contributed by atoms with E-state index in [1.54, 1.807) is 0 Å². The quantitative estimate of drug-likeness (QED) is 0.763. The van der Waals surface area contributed by atoms with E-state index >= 15 is 0 Å². The Kier molecular flexibility index (Phi) is 4.43. The Hall–Kier alpha value is -0.500. The molecule has 1 aromatic rings. The van der Waals surface area contributed by atoms with Crippen LogP contribution >= 0.6 is 11.8 Å². The molecule has 0 unspecified atom stereocenters. The largest absolute Gasteiger partial charge is 0.261 e. The first-order chi connectivity index (χ1) is 7.37. The Labute approximate surface area is 104 Å². The molecule has 2 heteroatoms. The molecule has 0 bridgehead atoms. The molecule has 16 heavy (non-hydrogen) atoms. The normalized spacial score (nSPS) is 12.8. The average molecular weight is 237 g/mol. The third-order valence-electron chi connectivity index (χ3n) is 2.81. The van der Waals surface area contributed by atoms with Gasteiger partial charge in [-0.05, 0) is 36.0 Å². The van der Waals surface area contributed by atoms with E-state index in [1.807, 2.05) is 24.0 Å². The molecule has 0 saturated carbocycles. The molecule has 0 aliphatic rings. The van der Waals surface area contributed by atoms with Crippen LogP contribution in [0.4, 0.5) is 0 Å². The Morgan fingerprint density at radius 1 is 1.19 bits per heavy atom. The summed E-state index contributed by atoms with van der Waals surface area (Å²) in [5.74, 6) is 1.20. The van der Waals surface area contributed by atoms with Crippen LogP contribution in [0.2, 0.25) is 0 Å². The van der Waals surface area contributed by atoms with E-state index < -0.39 is 0 Å². The van der Waals surface area contributed by atoms with Crippen molar-refractivity contribution in [2.75, 3.05) is 12.0 Å². The van der Waals surface area contributed by atoms with Crippen LogP contribution in [0, 0.1) is 5.41 Å². The van der Waals surface area contributed by atoms with Gasteiger partial charge in [0.25, 0.3) is 0 Å². The molecule has 0 fully saturated rings. The summed E-state index contributed by atoms with van der Waals surface area (Å²) in [4.78, 5) is 4.49. The van der Waals surface area contributed by atoms with Crippen molar-refractivity contribution in [1.29, 1.82) is 0 Å². The van der Waals surface area contributed by atoms with Gasteiger partial charge in [-0.1, -0.05) is 33.8 Å². The Bertz CT molecular complexity index is 317. The molecule has 1 heterocycles. The van der Waals surface area contributed by atoms with Gasteiger partial charge >= 0.3 is 0 Å². The zero-order valence-corrected chi connectivity index (χ0v) is 11.9. The van der Waals surface area contributed by atoms with Gasteiger partial charge in [0.2, 0.25) is 0 Å². The molecule has 0 amide bonds. The van der Waals surface area contributed by atoms with Crippen molar-refractivity contribution in [2.24, 2.45) is 5.41 Å². The lowest BCUT2D eigenvalue weighted by atomic mass is 9.74. The average Bonchev–Trinajstić information content (AvgIpc) is 2.17. The van der Waals surface area contributed by atoms with E-state index in [2.05, 4.69) is 51.1 Å². The maximum atomic E-state index is 4.49. The highest BCUT2D eigenvalue weighted by Gasteiger charge is 2.30. The van der Waals surface area contributed by atoms with Crippen LogP contribution in [0.15, 0.2) is 24.4 Å². The number of rotatable bonds is 5. The zero-order valence-electron chi connectivity index (χ0n) is 11.1. The first kappa shape index (κ1) is 13.6. The van der Waals surface area contributed by atoms with Gasteiger partial charge < -0.3 is 0 Å². The van der Waals surface area contributed by atoms with Crippen LogP contribution in [0.1, 0.15) is 39.8 Å². The summed E-state index contributed by atoms with van der Waals surface area (Å²) in [5.41, 5.74) is 1.71. The minimum Gasteiger partial charge on any atom is -0.261 e. The van der Waals surface area contributed by atoms with Crippen LogP contribution in [0.3, 0.4) is 0 Å². The minimum atomic E-state index is 0.153. The Balaban J connectivity index is 2.79. The highest BCUT2D eigenvalue weighted by atomic mass is 32.2. The van der Waals surface area contributed by atoms with E-state index in [-0.39, 0.29) is 5.41 Å². The topological polar surface area (TPSA) is 12.9 Å². The predicted molar refractivity (Wildman–Crippen MR) is 74.0 cm³/mol. The first-order valence-electron chi connectivity index (χ1n) is 5.78. The summed E-state index contributed by atoms with van der Waals surface area (Å²) in [7, 11) is 0. The number of pyridine rings is 1. The number of hydrogen-bond donors (Lipinski definition) is 0. The van der Waals surface area contributed by atoms with E-state index in [1.165, 1.54) is 11.4 Å². The summed E-state index contributed by atoms with van der Waals surface area (Å²) in [5, 5.41) is 0. The Morgan fingerprint density at radius 2 is 1.88 bits per heavy atom. The van der Waals surface area contributed by atoms with Gasteiger partial charge in [-0.2, -0.15) is 11.8 Å². The second-order valence-corrected chi connectivity index (χ2v) is 6.74. The lowest BCUT2D eigenvalue weighted by molar-refractivity contribution is 0.286. The highest BCUT2D eigenvalue weighted by molar-refractivity contribution is 7.98. The monoisotopic (exact) mass is 237 g/mol. The van der Waals surface area contributed by atoms with Crippen molar-refractivity contribution in [2.45, 2.75) is 39.5 Å². The number of nitrogens with zero attached hydrogens (tertiary/aromatic N) is 1. The summed E-state index contributed by atoms with van der Waals surface area (Å²) < 4.78 is 0. The summed E-state index contributed by atoms with van der Waals surface area (Å²) in [6.45, 7) is 9.26. The van der Waals surface area contributed by atoms with Gasteiger partial charge in [0, 0.05) is 17.3 Å². The van der Waals surface area contributed by atoms with Crippen LogP contribution in [0.25, 0.3) is 0 Å². The fraction of sp³-hybridized carbons (Fsp3) is 0.643. The van der Waals surface area contributed by atoms with Crippen molar-refractivity contribution in [3.8, 4) is 0 Å². The van der Waals surface area contributed by atoms with Crippen LogP contribution < -0.4 is 0 Å².